The van der Waals surface area contributed by atoms with Crippen LogP contribution in [0, 0.1) is 0 Å². The second-order valence-electron chi connectivity index (χ2n) is 5.45. The summed E-state index contributed by atoms with van der Waals surface area (Å²) in [6.45, 7) is 4.44. The van der Waals surface area contributed by atoms with Crippen LogP contribution in [0.1, 0.15) is 29.6 Å². The number of hydrogen-bond donors (Lipinski definition) is 0. The maximum absolute atomic E-state index is 11.2. The predicted octanol–water partition coefficient (Wildman–Crippen LogP) is 2.94. The van der Waals surface area contributed by atoms with Crippen molar-refractivity contribution in [2.45, 2.75) is 25.3 Å². The SMILES string of the molecule is O=Cc1ccc(Br)cc1N1CCN2CCCCC2C1. The van der Waals surface area contributed by atoms with Crippen LogP contribution < -0.4 is 4.90 Å². The zero-order chi connectivity index (χ0) is 13.2. The van der Waals surface area contributed by atoms with Crippen molar-refractivity contribution in [3.8, 4) is 0 Å². The van der Waals surface area contributed by atoms with Crippen LogP contribution >= 0.6 is 15.9 Å². The normalized spacial score (nSPS) is 24.1. The molecule has 2 saturated heterocycles. The average molecular weight is 323 g/mol. The molecule has 102 valence electrons. The van der Waals surface area contributed by atoms with Crippen molar-refractivity contribution < 1.29 is 4.79 Å². The topological polar surface area (TPSA) is 23.6 Å². The first-order valence-corrected chi connectivity index (χ1v) is 7.81. The van der Waals surface area contributed by atoms with Crippen molar-refractivity contribution in [2.75, 3.05) is 31.1 Å². The molecular formula is C15H19BrN2O. The Morgan fingerprint density at radius 3 is 2.95 bits per heavy atom. The molecular weight excluding hydrogens is 304 g/mol. The molecule has 0 amide bonds. The van der Waals surface area contributed by atoms with E-state index in [9.17, 15) is 4.79 Å². The lowest BCUT2D eigenvalue weighted by Gasteiger charge is -2.45. The molecule has 2 aliphatic rings. The molecule has 2 aliphatic heterocycles. The van der Waals surface area contributed by atoms with Gasteiger partial charge < -0.3 is 4.90 Å². The lowest BCUT2D eigenvalue weighted by atomic mass is 9.99. The minimum Gasteiger partial charge on any atom is -0.368 e. The number of piperazine rings is 1. The number of carbonyl (C=O) groups is 1. The molecule has 2 fully saturated rings. The number of benzene rings is 1. The lowest BCUT2D eigenvalue weighted by molar-refractivity contribution is 0.112. The van der Waals surface area contributed by atoms with Crippen LogP contribution in [0.2, 0.25) is 0 Å². The van der Waals surface area contributed by atoms with Crippen LogP contribution in [0.4, 0.5) is 5.69 Å². The number of fused-ring (bicyclic) bond motifs is 1. The highest BCUT2D eigenvalue weighted by atomic mass is 79.9. The van der Waals surface area contributed by atoms with E-state index in [0.29, 0.717) is 6.04 Å². The van der Waals surface area contributed by atoms with Gasteiger partial charge in [0.05, 0.1) is 0 Å². The highest BCUT2D eigenvalue weighted by molar-refractivity contribution is 9.10. The number of anilines is 1. The maximum Gasteiger partial charge on any atom is 0.152 e. The van der Waals surface area contributed by atoms with E-state index >= 15 is 0 Å². The van der Waals surface area contributed by atoms with Gasteiger partial charge in [-0.2, -0.15) is 0 Å². The Hall–Kier alpha value is -0.870. The van der Waals surface area contributed by atoms with Gasteiger partial charge in [0.1, 0.15) is 0 Å². The third-order valence-corrected chi connectivity index (χ3v) is 4.79. The quantitative estimate of drug-likeness (QED) is 0.782. The summed E-state index contributed by atoms with van der Waals surface area (Å²) in [6.07, 6.45) is 4.94. The molecule has 1 aromatic carbocycles. The minimum atomic E-state index is 0.668. The molecule has 0 saturated carbocycles. The molecule has 0 N–H and O–H groups in total. The summed E-state index contributed by atoms with van der Waals surface area (Å²) in [7, 11) is 0. The second-order valence-corrected chi connectivity index (χ2v) is 6.37. The maximum atomic E-state index is 11.2. The molecule has 2 heterocycles. The Morgan fingerprint density at radius 2 is 2.11 bits per heavy atom. The van der Waals surface area contributed by atoms with E-state index in [-0.39, 0.29) is 0 Å². The van der Waals surface area contributed by atoms with E-state index < -0.39 is 0 Å². The number of halogens is 1. The van der Waals surface area contributed by atoms with Gasteiger partial charge in [-0.15, -0.1) is 0 Å². The van der Waals surface area contributed by atoms with Crippen molar-refractivity contribution in [3.05, 3.63) is 28.2 Å². The summed E-state index contributed by atoms with van der Waals surface area (Å²) in [5.74, 6) is 0. The van der Waals surface area contributed by atoms with Crippen molar-refractivity contribution in [1.82, 2.24) is 4.90 Å². The summed E-state index contributed by atoms with van der Waals surface area (Å²) in [5.41, 5.74) is 1.88. The number of rotatable bonds is 2. The zero-order valence-corrected chi connectivity index (χ0v) is 12.6. The first-order valence-electron chi connectivity index (χ1n) is 7.01. The molecule has 0 aromatic heterocycles. The fourth-order valence-corrected chi connectivity index (χ4v) is 3.61. The third-order valence-electron chi connectivity index (χ3n) is 4.30. The molecule has 3 rings (SSSR count). The van der Waals surface area contributed by atoms with Gasteiger partial charge in [0.2, 0.25) is 0 Å². The number of carbonyl (C=O) groups excluding carboxylic acids is 1. The van der Waals surface area contributed by atoms with Crippen LogP contribution in [0.15, 0.2) is 22.7 Å². The summed E-state index contributed by atoms with van der Waals surface area (Å²) in [5, 5.41) is 0. The molecule has 1 aromatic rings. The summed E-state index contributed by atoms with van der Waals surface area (Å²) in [4.78, 5) is 16.2. The standard InChI is InChI=1S/C15H19BrN2O/c16-13-5-4-12(11-19)15(9-13)18-8-7-17-6-2-1-3-14(17)10-18/h4-5,9,11,14H,1-3,6-8,10H2. The van der Waals surface area contributed by atoms with Gasteiger partial charge in [-0.25, -0.2) is 0 Å². The van der Waals surface area contributed by atoms with Crippen molar-refractivity contribution >= 4 is 27.9 Å². The Balaban J connectivity index is 1.82. The molecule has 1 atom stereocenters. The van der Waals surface area contributed by atoms with Gasteiger partial charge in [-0.3, -0.25) is 9.69 Å². The van der Waals surface area contributed by atoms with Crippen molar-refractivity contribution in [3.63, 3.8) is 0 Å². The molecule has 1 unspecified atom stereocenters. The van der Waals surface area contributed by atoms with Crippen molar-refractivity contribution in [1.29, 1.82) is 0 Å². The van der Waals surface area contributed by atoms with Crippen LogP contribution in [0.3, 0.4) is 0 Å². The van der Waals surface area contributed by atoms with E-state index in [0.717, 1.165) is 41.6 Å². The fraction of sp³-hybridized carbons (Fsp3) is 0.533. The molecule has 4 heteroatoms. The van der Waals surface area contributed by atoms with E-state index in [1.165, 1.54) is 25.8 Å². The van der Waals surface area contributed by atoms with E-state index in [1.807, 2.05) is 12.1 Å². The van der Waals surface area contributed by atoms with E-state index in [4.69, 9.17) is 0 Å². The Labute approximate surface area is 122 Å². The van der Waals surface area contributed by atoms with Gasteiger partial charge in [0.25, 0.3) is 0 Å². The zero-order valence-electron chi connectivity index (χ0n) is 11.0. The van der Waals surface area contributed by atoms with Gasteiger partial charge >= 0.3 is 0 Å². The molecule has 3 nitrogen and oxygen atoms in total. The van der Waals surface area contributed by atoms with E-state index in [2.05, 4.69) is 31.8 Å². The van der Waals surface area contributed by atoms with Crippen LogP contribution in [0.25, 0.3) is 0 Å². The van der Waals surface area contributed by atoms with Gasteiger partial charge in [0.15, 0.2) is 6.29 Å². The number of aldehydes is 1. The van der Waals surface area contributed by atoms with Gasteiger partial charge in [-0.1, -0.05) is 22.4 Å². The Kier molecular flexibility index (Phi) is 3.89. The summed E-state index contributed by atoms with van der Waals surface area (Å²) < 4.78 is 1.04. The molecule has 19 heavy (non-hydrogen) atoms. The third kappa shape index (κ3) is 2.70. The first-order chi connectivity index (χ1) is 9.28. The first kappa shape index (κ1) is 13.1. The smallest absolute Gasteiger partial charge is 0.152 e. The fourth-order valence-electron chi connectivity index (χ4n) is 3.27. The van der Waals surface area contributed by atoms with Crippen LogP contribution in [-0.2, 0) is 0 Å². The number of nitrogens with zero attached hydrogens (tertiary/aromatic N) is 2. The molecule has 0 aliphatic carbocycles. The monoisotopic (exact) mass is 322 g/mol. The minimum absolute atomic E-state index is 0.668. The Bertz CT molecular complexity index is 477. The Morgan fingerprint density at radius 1 is 1.21 bits per heavy atom. The average Bonchev–Trinajstić information content (AvgIpc) is 2.46. The van der Waals surface area contributed by atoms with Gasteiger partial charge in [-0.05, 0) is 37.6 Å². The van der Waals surface area contributed by atoms with E-state index in [1.54, 1.807) is 0 Å². The summed E-state index contributed by atoms with van der Waals surface area (Å²) >= 11 is 3.51. The second kappa shape index (κ2) is 5.63. The summed E-state index contributed by atoms with van der Waals surface area (Å²) in [6, 6.07) is 6.58. The van der Waals surface area contributed by atoms with Crippen LogP contribution in [0.5, 0.6) is 0 Å². The lowest BCUT2D eigenvalue weighted by Crippen LogP contribution is -2.55. The molecule has 0 bridgehead atoms. The number of piperidine rings is 1. The molecule has 0 spiro atoms. The van der Waals surface area contributed by atoms with Crippen LogP contribution in [-0.4, -0.2) is 43.4 Å². The highest BCUT2D eigenvalue weighted by Gasteiger charge is 2.29. The largest absolute Gasteiger partial charge is 0.368 e. The number of hydrogen-bond acceptors (Lipinski definition) is 3. The predicted molar refractivity (Wildman–Crippen MR) is 81.0 cm³/mol. The highest BCUT2D eigenvalue weighted by Crippen LogP contribution is 2.28. The van der Waals surface area contributed by atoms with Crippen molar-refractivity contribution in [2.24, 2.45) is 0 Å². The van der Waals surface area contributed by atoms with Gasteiger partial charge in [0, 0.05) is 41.4 Å². The molecule has 0 radical (unpaired) electrons.